The van der Waals surface area contributed by atoms with E-state index in [4.69, 9.17) is 0 Å². The summed E-state index contributed by atoms with van der Waals surface area (Å²) in [7, 11) is 0. The number of nitrogens with one attached hydrogen (secondary N) is 1. The van der Waals surface area contributed by atoms with Crippen LogP contribution in [0.4, 0.5) is 0 Å². The number of amides is 1. The van der Waals surface area contributed by atoms with Crippen molar-refractivity contribution in [1.82, 2.24) is 14.8 Å². The lowest BCUT2D eigenvalue weighted by Crippen LogP contribution is -2.31. The summed E-state index contributed by atoms with van der Waals surface area (Å²) in [5, 5.41) is 4.03. The molecule has 1 aromatic heterocycles. The second kappa shape index (κ2) is 11.9. The maximum Gasteiger partial charge on any atom is 0.252 e. The Morgan fingerprint density at radius 3 is 2.50 bits per heavy atom. The van der Waals surface area contributed by atoms with Crippen molar-refractivity contribution in [3.8, 4) is 0 Å². The van der Waals surface area contributed by atoms with Crippen LogP contribution in [0.15, 0.2) is 40.0 Å². The number of pyridine rings is 1. The number of carbonyl (C=O) groups is 1. The molecule has 0 saturated heterocycles. The summed E-state index contributed by atoms with van der Waals surface area (Å²) in [6.45, 7) is 11.0. The Kier molecular flexibility index (Phi) is 9.58. The summed E-state index contributed by atoms with van der Waals surface area (Å²) in [5.74, 6) is 0.346. The predicted octanol–water partition coefficient (Wildman–Crippen LogP) is 3.74. The van der Waals surface area contributed by atoms with Gasteiger partial charge in [0.15, 0.2) is 0 Å². The highest BCUT2D eigenvalue weighted by Crippen LogP contribution is 2.26. The molecular formula is C22H33N3O2S. The van der Waals surface area contributed by atoms with Crippen molar-refractivity contribution in [1.29, 1.82) is 0 Å². The van der Waals surface area contributed by atoms with Crippen molar-refractivity contribution in [3.63, 3.8) is 0 Å². The zero-order chi connectivity index (χ0) is 20.4. The lowest BCUT2D eigenvalue weighted by atomic mass is 10.2. The fourth-order valence-electron chi connectivity index (χ4n) is 3.44. The number of thioether (sulfide) groups is 1. The number of hydrogen-bond acceptors (Lipinski definition) is 4. The van der Waals surface area contributed by atoms with Gasteiger partial charge in [-0.25, -0.2) is 0 Å². The number of carbonyl (C=O) groups excluding carboxylic acids is 1. The summed E-state index contributed by atoms with van der Waals surface area (Å²) < 4.78 is 1.76. The van der Waals surface area contributed by atoms with Crippen LogP contribution in [-0.4, -0.2) is 47.3 Å². The topological polar surface area (TPSA) is 54.3 Å². The lowest BCUT2D eigenvalue weighted by molar-refractivity contribution is -0.118. The monoisotopic (exact) mass is 403 g/mol. The summed E-state index contributed by atoms with van der Waals surface area (Å²) in [6.07, 6.45) is 3.29. The summed E-state index contributed by atoms with van der Waals surface area (Å²) >= 11 is 1.44. The number of rotatable bonds is 12. The van der Waals surface area contributed by atoms with E-state index in [2.05, 4.69) is 24.1 Å². The maximum atomic E-state index is 12.4. The van der Waals surface area contributed by atoms with Gasteiger partial charge >= 0.3 is 0 Å². The van der Waals surface area contributed by atoms with Crippen LogP contribution < -0.4 is 10.9 Å². The van der Waals surface area contributed by atoms with Gasteiger partial charge in [-0.1, -0.05) is 32.0 Å². The molecule has 0 aliphatic carbocycles. The van der Waals surface area contributed by atoms with Gasteiger partial charge in [0.25, 0.3) is 5.56 Å². The average molecular weight is 404 g/mol. The van der Waals surface area contributed by atoms with Crippen LogP contribution in [0.25, 0.3) is 10.9 Å². The van der Waals surface area contributed by atoms with Crippen LogP contribution in [0, 0.1) is 0 Å². The first-order valence-corrected chi connectivity index (χ1v) is 11.3. The van der Waals surface area contributed by atoms with Gasteiger partial charge in [-0.3, -0.25) is 9.59 Å². The summed E-state index contributed by atoms with van der Waals surface area (Å²) in [6, 6.07) is 9.53. The van der Waals surface area contributed by atoms with Crippen LogP contribution in [0.3, 0.4) is 0 Å². The number of aromatic nitrogens is 1. The van der Waals surface area contributed by atoms with Gasteiger partial charge in [0.2, 0.25) is 5.91 Å². The third-order valence-electron chi connectivity index (χ3n) is 4.71. The number of nitrogens with zero attached hydrogens (tertiary/aromatic N) is 2. The molecule has 0 spiro atoms. The summed E-state index contributed by atoms with van der Waals surface area (Å²) in [5.41, 5.74) is 0.906. The molecule has 1 amide bonds. The van der Waals surface area contributed by atoms with E-state index in [1.807, 2.05) is 31.2 Å². The average Bonchev–Trinajstić information content (AvgIpc) is 2.69. The molecule has 154 valence electrons. The first kappa shape index (κ1) is 22.5. The molecule has 6 heteroatoms. The zero-order valence-corrected chi connectivity index (χ0v) is 18.2. The molecule has 1 heterocycles. The van der Waals surface area contributed by atoms with Gasteiger partial charge in [0, 0.05) is 29.4 Å². The number of fused-ring (bicyclic) bond motifs is 1. The first-order chi connectivity index (χ1) is 13.6. The van der Waals surface area contributed by atoms with E-state index < -0.39 is 0 Å². The highest BCUT2D eigenvalue weighted by atomic mass is 32.2. The molecule has 0 radical (unpaired) electrons. The fraction of sp³-hybridized carbons (Fsp3) is 0.545. The Bertz CT molecular complexity index is 813. The van der Waals surface area contributed by atoms with Gasteiger partial charge in [-0.15, -0.1) is 11.8 Å². The molecule has 0 bridgehead atoms. The van der Waals surface area contributed by atoms with E-state index >= 15 is 0 Å². The van der Waals surface area contributed by atoms with Crippen molar-refractivity contribution in [2.45, 2.75) is 51.5 Å². The van der Waals surface area contributed by atoms with Crippen molar-refractivity contribution < 1.29 is 4.79 Å². The van der Waals surface area contributed by atoms with Crippen LogP contribution in [0.1, 0.15) is 40.0 Å². The van der Waals surface area contributed by atoms with E-state index in [1.54, 1.807) is 10.6 Å². The fourth-order valence-corrected chi connectivity index (χ4v) is 4.34. The molecule has 0 fully saturated rings. The second-order valence-electron chi connectivity index (χ2n) is 6.94. The van der Waals surface area contributed by atoms with Crippen LogP contribution in [0.2, 0.25) is 0 Å². The highest BCUT2D eigenvalue weighted by molar-refractivity contribution is 8.00. The van der Waals surface area contributed by atoms with Crippen molar-refractivity contribution in [2.75, 3.05) is 31.9 Å². The molecule has 0 saturated carbocycles. The molecule has 0 aliphatic rings. The van der Waals surface area contributed by atoms with E-state index in [-0.39, 0.29) is 11.5 Å². The molecule has 0 unspecified atom stereocenters. The molecule has 1 N–H and O–H groups in total. The molecule has 2 aromatic rings. The van der Waals surface area contributed by atoms with Crippen LogP contribution >= 0.6 is 11.8 Å². The second-order valence-corrected chi connectivity index (χ2v) is 7.96. The standard InChI is InChI=1S/C22H33N3O2S/c1-4-13-24(14-5-2)15-9-12-23-21(26)17-28-20-16-22(27)25(6-3)19-11-8-7-10-18(19)20/h7-8,10-11,16H,4-6,9,12-15,17H2,1-3H3,(H,23,26). The predicted molar refractivity (Wildman–Crippen MR) is 119 cm³/mol. The quantitative estimate of drug-likeness (QED) is 0.433. The van der Waals surface area contributed by atoms with Gasteiger partial charge in [0.05, 0.1) is 11.3 Å². The third kappa shape index (κ3) is 6.38. The number of para-hydroxylation sites is 1. The molecule has 1 aromatic carbocycles. The van der Waals surface area contributed by atoms with Gasteiger partial charge < -0.3 is 14.8 Å². The van der Waals surface area contributed by atoms with Crippen LogP contribution in [0.5, 0.6) is 0 Å². The minimum absolute atomic E-state index is 0.0175. The number of aryl methyl sites for hydroxylation is 1. The minimum Gasteiger partial charge on any atom is -0.355 e. The van der Waals surface area contributed by atoms with Crippen molar-refractivity contribution in [3.05, 3.63) is 40.7 Å². The molecule has 2 rings (SSSR count). The van der Waals surface area contributed by atoms with Gasteiger partial charge in [-0.2, -0.15) is 0 Å². The number of benzene rings is 1. The number of hydrogen-bond donors (Lipinski definition) is 1. The molecule has 28 heavy (non-hydrogen) atoms. The Balaban J connectivity index is 1.87. The smallest absolute Gasteiger partial charge is 0.252 e. The highest BCUT2D eigenvalue weighted by Gasteiger charge is 2.10. The molecule has 0 atom stereocenters. The molecular weight excluding hydrogens is 370 g/mol. The van der Waals surface area contributed by atoms with E-state index in [0.717, 1.165) is 54.7 Å². The first-order valence-electron chi connectivity index (χ1n) is 10.3. The zero-order valence-electron chi connectivity index (χ0n) is 17.4. The van der Waals surface area contributed by atoms with E-state index in [0.29, 0.717) is 18.8 Å². The normalized spacial score (nSPS) is 11.3. The van der Waals surface area contributed by atoms with Crippen LogP contribution in [-0.2, 0) is 11.3 Å². The molecule has 0 aliphatic heterocycles. The van der Waals surface area contributed by atoms with Crippen molar-refractivity contribution >= 4 is 28.6 Å². The molecule has 5 nitrogen and oxygen atoms in total. The minimum atomic E-state index is -0.0175. The Labute approximate surface area is 172 Å². The Morgan fingerprint density at radius 1 is 1.11 bits per heavy atom. The largest absolute Gasteiger partial charge is 0.355 e. The summed E-state index contributed by atoms with van der Waals surface area (Å²) in [4.78, 5) is 27.9. The van der Waals surface area contributed by atoms with Crippen molar-refractivity contribution in [2.24, 2.45) is 0 Å². The van der Waals surface area contributed by atoms with Gasteiger partial charge in [0.1, 0.15) is 0 Å². The SMILES string of the molecule is CCCN(CCC)CCCNC(=O)CSc1cc(=O)n(CC)c2ccccc12. The lowest BCUT2D eigenvalue weighted by Gasteiger charge is -2.20. The third-order valence-corrected chi connectivity index (χ3v) is 5.76. The van der Waals surface area contributed by atoms with E-state index in [9.17, 15) is 9.59 Å². The Hall–Kier alpha value is -1.79. The van der Waals surface area contributed by atoms with E-state index in [1.165, 1.54) is 11.8 Å². The van der Waals surface area contributed by atoms with Gasteiger partial charge in [-0.05, 0) is 51.9 Å². The maximum absolute atomic E-state index is 12.4. The Morgan fingerprint density at radius 2 is 1.82 bits per heavy atom.